The first-order valence-corrected chi connectivity index (χ1v) is 9.61. The minimum atomic E-state index is -0.0444. The van der Waals surface area contributed by atoms with Crippen molar-refractivity contribution in [2.24, 2.45) is 0 Å². The number of carbonyl (C=O) groups excluding carboxylic acids is 1. The van der Waals surface area contributed by atoms with Crippen LogP contribution in [0, 0.1) is 6.92 Å². The van der Waals surface area contributed by atoms with Gasteiger partial charge < -0.3 is 10.0 Å². The van der Waals surface area contributed by atoms with Gasteiger partial charge in [0.1, 0.15) is 0 Å². The van der Waals surface area contributed by atoms with E-state index in [-0.39, 0.29) is 12.5 Å². The van der Waals surface area contributed by atoms with Crippen LogP contribution in [-0.4, -0.2) is 29.1 Å². The molecule has 0 bridgehead atoms. The predicted octanol–water partition coefficient (Wildman–Crippen LogP) is 4.28. The molecule has 0 saturated carbocycles. The summed E-state index contributed by atoms with van der Waals surface area (Å²) in [6.07, 6.45) is 0.716. The Labute approximate surface area is 158 Å². The molecule has 0 saturated heterocycles. The second-order valence-electron chi connectivity index (χ2n) is 6.35. The Kier molecular flexibility index (Phi) is 6.21. The van der Waals surface area contributed by atoms with Gasteiger partial charge in [0.2, 0.25) is 0 Å². The highest BCUT2D eigenvalue weighted by molar-refractivity contribution is 7.09. The number of hydrogen-bond donors (Lipinski definition) is 1. The summed E-state index contributed by atoms with van der Waals surface area (Å²) in [6, 6.07) is 20.1. The van der Waals surface area contributed by atoms with E-state index in [1.807, 2.05) is 41.8 Å². The van der Waals surface area contributed by atoms with Crippen LogP contribution >= 0.6 is 11.3 Å². The van der Waals surface area contributed by atoms with Crippen molar-refractivity contribution in [1.29, 1.82) is 0 Å². The predicted molar refractivity (Wildman–Crippen MR) is 107 cm³/mol. The van der Waals surface area contributed by atoms with Crippen molar-refractivity contribution in [2.45, 2.75) is 19.9 Å². The van der Waals surface area contributed by atoms with Crippen molar-refractivity contribution in [3.05, 3.63) is 93.2 Å². The van der Waals surface area contributed by atoms with Gasteiger partial charge in [-0.1, -0.05) is 54.1 Å². The molecule has 3 rings (SSSR count). The number of nitrogens with zero attached hydrogens (tertiary/aromatic N) is 1. The van der Waals surface area contributed by atoms with E-state index < -0.39 is 0 Å². The Balaban J connectivity index is 1.84. The summed E-state index contributed by atoms with van der Waals surface area (Å²) < 4.78 is 0. The first-order chi connectivity index (χ1) is 12.7. The molecule has 0 aliphatic heterocycles. The molecule has 4 heteroatoms. The number of hydrogen-bond acceptors (Lipinski definition) is 3. The Bertz CT molecular complexity index is 841. The number of thiophene rings is 1. The largest absolute Gasteiger partial charge is 0.395 e. The lowest BCUT2D eigenvalue weighted by molar-refractivity contribution is 0.0708. The van der Waals surface area contributed by atoms with E-state index in [0.29, 0.717) is 25.1 Å². The molecule has 1 N–H and O–H groups in total. The maximum absolute atomic E-state index is 13.1. The van der Waals surface area contributed by atoms with Gasteiger partial charge in [-0.25, -0.2) is 0 Å². The van der Waals surface area contributed by atoms with Gasteiger partial charge in [0.25, 0.3) is 5.91 Å². The third-order valence-electron chi connectivity index (χ3n) is 4.35. The summed E-state index contributed by atoms with van der Waals surface area (Å²) in [5.74, 6) is -0.0323. The molecular formula is C22H23NO2S. The molecule has 1 amide bonds. The van der Waals surface area contributed by atoms with Crippen molar-refractivity contribution in [3.63, 3.8) is 0 Å². The van der Waals surface area contributed by atoms with E-state index in [1.165, 1.54) is 11.1 Å². The highest BCUT2D eigenvalue weighted by Crippen LogP contribution is 2.19. The molecule has 1 aromatic heterocycles. The molecule has 0 atom stereocenters. The van der Waals surface area contributed by atoms with Crippen molar-refractivity contribution < 1.29 is 9.90 Å². The number of aliphatic hydroxyl groups is 1. The van der Waals surface area contributed by atoms with E-state index >= 15 is 0 Å². The van der Waals surface area contributed by atoms with Gasteiger partial charge >= 0.3 is 0 Å². The summed E-state index contributed by atoms with van der Waals surface area (Å²) in [4.78, 5) is 16.0. The second kappa shape index (κ2) is 8.79. The van der Waals surface area contributed by atoms with Crippen LogP contribution in [0.25, 0.3) is 0 Å². The standard InChI is InChI=1S/C22H23NO2S/c1-17-8-10-18(11-9-17)15-19-5-2-3-7-21(19)22(25)23(12-13-24)16-20-6-4-14-26-20/h2-11,14,24H,12-13,15-16H2,1H3. The van der Waals surface area contributed by atoms with Crippen molar-refractivity contribution in [1.82, 2.24) is 4.90 Å². The number of carbonyl (C=O) groups is 1. The number of aliphatic hydroxyl groups excluding tert-OH is 1. The van der Waals surface area contributed by atoms with Crippen LogP contribution in [-0.2, 0) is 13.0 Å². The molecule has 26 heavy (non-hydrogen) atoms. The number of aryl methyl sites for hydroxylation is 1. The van der Waals surface area contributed by atoms with E-state index in [9.17, 15) is 9.90 Å². The molecule has 1 heterocycles. The monoisotopic (exact) mass is 365 g/mol. The molecule has 0 aliphatic carbocycles. The molecule has 0 unspecified atom stereocenters. The first-order valence-electron chi connectivity index (χ1n) is 8.73. The van der Waals surface area contributed by atoms with Crippen LogP contribution in [0.1, 0.15) is 31.9 Å². The molecule has 3 nitrogen and oxygen atoms in total. The van der Waals surface area contributed by atoms with Gasteiger partial charge in [0, 0.05) is 17.0 Å². The van der Waals surface area contributed by atoms with Gasteiger partial charge in [-0.05, 0) is 42.0 Å². The fourth-order valence-electron chi connectivity index (χ4n) is 2.94. The Morgan fingerprint density at radius 2 is 1.81 bits per heavy atom. The molecule has 0 fully saturated rings. The van der Waals surface area contributed by atoms with Crippen molar-refractivity contribution >= 4 is 17.2 Å². The molecule has 0 radical (unpaired) electrons. The van der Waals surface area contributed by atoms with Crippen LogP contribution in [0.3, 0.4) is 0 Å². The average molecular weight is 365 g/mol. The van der Waals surface area contributed by atoms with Gasteiger partial charge in [0.15, 0.2) is 0 Å². The van der Waals surface area contributed by atoms with Gasteiger partial charge in [-0.3, -0.25) is 4.79 Å². The Hall–Kier alpha value is -2.43. The van der Waals surface area contributed by atoms with Gasteiger partial charge in [-0.2, -0.15) is 0 Å². The molecular weight excluding hydrogens is 342 g/mol. The van der Waals surface area contributed by atoms with E-state index in [0.717, 1.165) is 10.4 Å². The second-order valence-corrected chi connectivity index (χ2v) is 7.38. The minimum absolute atomic E-state index is 0.0323. The zero-order valence-corrected chi connectivity index (χ0v) is 15.7. The van der Waals surface area contributed by atoms with Crippen LogP contribution in [0.2, 0.25) is 0 Å². The van der Waals surface area contributed by atoms with Crippen LogP contribution in [0.5, 0.6) is 0 Å². The minimum Gasteiger partial charge on any atom is -0.395 e. The molecule has 0 spiro atoms. The Morgan fingerprint density at radius 1 is 1.04 bits per heavy atom. The average Bonchev–Trinajstić information content (AvgIpc) is 3.16. The van der Waals surface area contributed by atoms with E-state index in [1.54, 1.807) is 16.2 Å². The first kappa shape index (κ1) is 18.4. The zero-order chi connectivity index (χ0) is 18.4. The topological polar surface area (TPSA) is 40.5 Å². The fourth-order valence-corrected chi connectivity index (χ4v) is 3.66. The fraction of sp³-hybridized carbons (Fsp3) is 0.227. The summed E-state index contributed by atoms with van der Waals surface area (Å²) in [5, 5.41) is 11.4. The highest BCUT2D eigenvalue weighted by Gasteiger charge is 2.19. The molecule has 2 aromatic carbocycles. The molecule has 3 aromatic rings. The summed E-state index contributed by atoms with van der Waals surface area (Å²) in [6.45, 7) is 2.88. The van der Waals surface area contributed by atoms with Crippen molar-refractivity contribution in [3.8, 4) is 0 Å². The van der Waals surface area contributed by atoms with E-state index in [4.69, 9.17) is 0 Å². The summed E-state index contributed by atoms with van der Waals surface area (Å²) in [5.41, 5.74) is 4.12. The smallest absolute Gasteiger partial charge is 0.254 e. The lowest BCUT2D eigenvalue weighted by Crippen LogP contribution is -2.33. The molecule has 0 aliphatic rings. The van der Waals surface area contributed by atoms with Crippen LogP contribution in [0.15, 0.2) is 66.0 Å². The Morgan fingerprint density at radius 3 is 2.50 bits per heavy atom. The van der Waals surface area contributed by atoms with Crippen LogP contribution in [0.4, 0.5) is 0 Å². The lowest BCUT2D eigenvalue weighted by Gasteiger charge is -2.22. The number of amides is 1. The van der Waals surface area contributed by atoms with Gasteiger partial charge in [-0.15, -0.1) is 11.3 Å². The third-order valence-corrected chi connectivity index (χ3v) is 5.21. The maximum atomic E-state index is 13.1. The normalized spacial score (nSPS) is 10.7. The SMILES string of the molecule is Cc1ccc(Cc2ccccc2C(=O)N(CCO)Cc2cccs2)cc1. The summed E-state index contributed by atoms with van der Waals surface area (Å²) >= 11 is 1.62. The number of rotatable bonds is 7. The number of benzene rings is 2. The maximum Gasteiger partial charge on any atom is 0.254 e. The van der Waals surface area contributed by atoms with Crippen molar-refractivity contribution in [2.75, 3.05) is 13.2 Å². The highest BCUT2D eigenvalue weighted by atomic mass is 32.1. The molecule has 134 valence electrons. The third kappa shape index (κ3) is 4.59. The zero-order valence-electron chi connectivity index (χ0n) is 14.9. The summed E-state index contributed by atoms with van der Waals surface area (Å²) in [7, 11) is 0. The van der Waals surface area contributed by atoms with Gasteiger partial charge in [0.05, 0.1) is 13.2 Å². The quantitative estimate of drug-likeness (QED) is 0.679. The van der Waals surface area contributed by atoms with Crippen LogP contribution < -0.4 is 0 Å². The lowest BCUT2D eigenvalue weighted by atomic mass is 9.98. The van der Waals surface area contributed by atoms with E-state index in [2.05, 4.69) is 31.2 Å².